The first-order chi connectivity index (χ1) is 16.0. The molecule has 33 heavy (non-hydrogen) atoms. The number of fused-ring (bicyclic) bond motifs is 3. The monoisotopic (exact) mass is 454 g/mol. The first-order valence-electron chi connectivity index (χ1n) is 10.5. The van der Waals surface area contributed by atoms with Crippen LogP contribution in [-0.2, 0) is 6.42 Å². The summed E-state index contributed by atoms with van der Waals surface area (Å²) in [6, 6.07) is 9.17. The predicted octanol–water partition coefficient (Wildman–Crippen LogP) is 4.03. The second kappa shape index (κ2) is 7.81. The summed E-state index contributed by atoms with van der Waals surface area (Å²) in [6.07, 6.45) is -0.139. The Morgan fingerprint density at radius 2 is 1.52 bits per heavy atom. The van der Waals surface area contributed by atoms with Crippen LogP contribution in [0.3, 0.4) is 0 Å². The number of para-hydroxylation sites is 1. The summed E-state index contributed by atoms with van der Waals surface area (Å²) in [5, 5.41) is 12.1. The number of aliphatic hydroxyl groups excluding tert-OH is 1. The summed E-state index contributed by atoms with van der Waals surface area (Å²) in [5.41, 5.74) is 1.50. The Bertz CT molecular complexity index is 1240. The molecule has 3 aromatic rings. The lowest BCUT2D eigenvalue weighted by molar-refractivity contribution is -0.138. The van der Waals surface area contributed by atoms with Crippen molar-refractivity contribution in [2.75, 3.05) is 35.5 Å². The molecule has 0 saturated carbocycles. The van der Waals surface area contributed by atoms with Crippen LogP contribution in [0.5, 0.6) is 40.2 Å². The van der Waals surface area contributed by atoms with Gasteiger partial charge in [0, 0.05) is 17.2 Å². The lowest BCUT2D eigenvalue weighted by atomic mass is 9.92. The zero-order valence-corrected chi connectivity index (χ0v) is 19.2. The number of ether oxygens (including phenoxy) is 7. The van der Waals surface area contributed by atoms with E-state index in [0.29, 0.717) is 57.4 Å². The summed E-state index contributed by atoms with van der Waals surface area (Å²) < 4.78 is 41.5. The molecule has 2 heterocycles. The molecule has 0 aliphatic carbocycles. The van der Waals surface area contributed by atoms with Gasteiger partial charge in [0.15, 0.2) is 23.0 Å². The minimum atomic E-state index is -1.11. The van der Waals surface area contributed by atoms with Gasteiger partial charge in [-0.15, -0.1) is 0 Å². The van der Waals surface area contributed by atoms with Crippen LogP contribution in [0.2, 0.25) is 0 Å². The predicted molar refractivity (Wildman–Crippen MR) is 120 cm³/mol. The van der Waals surface area contributed by atoms with Gasteiger partial charge in [-0.05, 0) is 6.07 Å². The van der Waals surface area contributed by atoms with Crippen molar-refractivity contribution in [3.05, 3.63) is 41.5 Å². The van der Waals surface area contributed by atoms with Crippen molar-refractivity contribution < 1.29 is 38.3 Å². The molecule has 0 amide bonds. The van der Waals surface area contributed by atoms with Crippen molar-refractivity contribution in [3.63, 3.8) is 0 Å². The fourth-order valence-electron chi connectivity index (χ4n) is 4.92. The van der Waals surface area contributed by atoms with E-state index in [0.717, 1.165) is 11.1 Å². The van der Waals surface area contributed by atoms with Gasteiger partial charge in [0.25, 0.3) is 5.79 Å². The maximum absolute atomic E-state index is 10.9. The maximum atomic E-state index is 10.9. The third-order valence-corrected chi connectivity index (χ3v) is 6.28. The van der Waals surface area contributed by atoms with E-state index in [1.807, 2.05) is 24.3 Å². The van der Waals surface area contributed by atoms with Crippen molar-refractivity contribution in [1.29, 1.82) is 0 Å². The average molecular weight is 454 g/mol. The van der Waals surface area contributed by atoms with Gasteiger partial charge in [-0.25, -0.2) is 0 Å². The van der Waals surface area contributed by atoms with Crippen LogP contribution >= 0.6 is 0 Å². The Balaban J connectivity index is 1.77. The quantitative estimate of drug-likeness (QED) is 0.619. The SMILES string of the molecule is COc1cc(OC)c2c(OC)c3c(c(OC)c2c1OC)O[C@]1(C3)C[C@H](O)c2ccccc2O1. The van der Waals surface area contributed by atoms with Crippen molar-refractivity contribution >= 4 is 10.8 Å². The Hall–Kier alpha value is -3.52. The largest absolute Gasteiger partial charge is 0.496 e. The molecule has 0 aromatic heterocycles. The second-order valence-electron chi connectivity index (χ2n) is 7.99. The van der Waals surface area contributed by atoms with Crippen LogP contribution in [0.15, 0.2) is 30.3 Å². The number of benzene rings is 3. The first kappa shape index (κ1) is 21.3. The molecule has 1 spiro atoms. The van der Waals surface area contributed by atoms with Gasteiger partial charge in [-0.2, -0.15) is 0 Å². The van der Waals surface area contributed by atoms with Gasteiger partial charge < -0.3 is 38.3 Å². The number of rotatable bonds is 5. The second-order valence-corrected chi connectivity index (χ2v) is 7.99. The van der Waals surface area contributed by atoms with Gasteiger partial charge in [0.2, 0.25) is 0 Å². The highest BCUT2D eigenvalue weighted by molar-refractivity contribution is 6.06. The summed E-state index contributed by atoms with van der Waals surface area (Å²) in [5.74, 6) is 2.44. The van der Waals surface area contributed by atoms with Crippen LogP contribution in [-0.4, -0.2) is 46.4 Å². The van der Waals surface area contributed by atoms with Crippen LogP contribution in [0.4, 0.5) is 0 Å². The number of aliphatic hydroxyl groups is 1. The van der Waals surface area contributed by atoms with Gasteiger partial charge in [-0.3, -0.25) is 0 Å². The standard InChI is InChI=1S/C25H26O8/c1-27-17-10-18(28-2)23(30-4)20-19(17)21(29-3)14-11-25(33-22(14)24(20)31-5)12-15(26)13-8-6-7-9-16(13)32-25/h6-10,15,26H,11-12H2,1-5H3/t15-,25+/m0/s1. The summed E-state index contributed by atoms with van der Waals surface area (Å²) in [4.78, 5) is 0. The summed E-state index contributed by atoms with van der Waals surface area (Å²) in [6.45, 7) is 0. The highest BCUT2D eigenvalue weighted by atomic mass is 16.7. The number of hydrogen-bond acceptors (Lipinski definition) is 8. The number of hydrogen-bond donors (Lipinski definition) is 1. The maximum Gasteiger partial charge on any atom is 0.258 e. The normalized spacial score (nSPS) is 20.5. The molecule has 5 rings (SSSR count). The van der Waals surface area contributed by atoms with Crippen LogP contribution in [0, 0.1) is 0 Å². The molecule has 8 nitrogen and oxygen atoms in total. The Morgan fingerprint density at radius 3 is 2.18 bits per heavy atom. The molecule has 2 aliphatic heterocycles. The molecular formula is C25H26O8. The molecule has 0 saturated heterocycles. The van der Waals surface area contributed by atoms with Crippen molar-refractivity contribution in [2.24, 2.45) is 0 Å². The van der Waals surface area contributed by atoms with Gasteiger partial charge in [0.05, 0.1) is 65.3 Å². The summed E-state index contributed by atoms with van der Waals surface area (Å²) in [7, 11) is 7.85. The van der Waals surface area contributed by atoms with Gasteiger partial charge >= 0.3 is 0 Å². The molecule has 0 radical (unpaired) electrons. The van der Waals surface area contributed by atoms with Crippen molar-refractivity contribution in [3.8, 4) is 40.2 Å². The summed E-state index contributed by atoms with van der Waals surface area (Å²) >= 11 is 0. The highest BCUT2D eigenvalue weighted by Crippen LogP contribution is 2.59. The van der Waals surface area contributed by atoms with E-state index in [2.05, 4.69) is 0 Å². The van der Waals surface area contributed by atoms with Crippen LogP contribution in [0.1, 0.15) is 23.7 Å². The molecule has 0 fully saturated rings. The highest BCUT2D eigenvalue weighted by Gasteiger charge is 2.50. The van der Waals surface area contributed by atoms with E-state index in [9.17, 15) is 5.11 Å². The van der Waals surface area contributed by atoms with E-state index in [1.165, 1.54) is 0 Å². The lowest BCUT2D eigenvalue weighted by Crippen LogP contribution is -2.45. The van der Waals surface area contributed by atoms with Crippen molar-refractivity contribution in [1.82, 2.24) is 0 Å². The van der Waals surface area contributed by atoms with Crippen LogP contribution < -0.4 is 33.2 Å². The molecule has 2 atom stereocenters. The van der Waals surface area contributed by atoms with E-state index in [-0.39, 0.29) is 6.42 Å². The van der Waals surface area contributed by atoms with Crippen LogP contribution in [0.25, 0.3) is 10.8 Å². The van der Waals surface area contributed by atoms with Crippen molar-refractivity contribution in [2.45, 2.75) is 24.7 Å². The molecule has 1 N–H and O–H groups in total. The molecule has 174 valence electrons. The molecule has 0 bridgehead atoms. The molecular weight excluding hydrogens is 428 g/mol. The van der Waals surface area contributed by atoms with Gasteiger partial charge in [-0.1, -0.05) is 18.2 Å². The number of methoxy groups -OCH3 is 5. The Morgan fingerprint density at radius 1 is 0.818 bits per heavy atom. The zero-order chi connectivity index (χ0) is 23.3. The van der Waals surface area contributed by atoms with E-state index in [4.69, 9.17) is 33.2 Å². The van der Waals surface area contributed by atoms with E-state index < -0.39 is 11.9 Å². The van der Waals surface area contributed by atoms with Gasteiger partial charge in [0.1, 0.15) is 17.2 Å². The third-order valence-electron chi connectivity index (χ3n) is 6.28. The zero-order valence-electron chi connectivity index (χ0n) is 19.2. The molecule has 2 aliphatic rings. The van der Waals surface area contributed by atoms with E-state index >= 15 is 0 Å². The minimum Gasteiger partial charge on any atom is -0.496 e. The lowest BCUT2D eigenvalue weighted by Gasteiger charge is -2.37. The molecule has 0 unspecified atom stereocenters. The minimum absolute atomic E-state index is 0.249. The molecule has 3 aromatic carbocycles. The Kier molecular flexibility index (Phi) is 5.05. The first-order valence-corrected chi connectivity index (χ1v) is 10.5. The fraction of sp³-hybridized carbons (Fsp3) is 0.360. The third kappa shape index (κ3) is 3.01. The van der Waals surface area contributed by atoms with E-state index in [1.54, 1.807) is 41.6 Å². The molecule has 8 heteroatoms. The Labute approximate surface area is 191 Å². The average Bonchev–Trinajstić information content (AvgIpc) is 3.18. The fourth-order valence-corrected chi connectivity index (χ4v) is 4.92. The smallest absolute Gasteiger partial charge is 0.258 e. The topological polar surface area (TPSA) is 84.8 Å².